The van der Waals surface area contributed by atoms with E-state index >= 15 is 0 Å². The molecule has 0 spiro atoms. The third kappa shape index (κ3) is 2.22. The molecule has 0 aromatic heterocycles. The van der Waals surface area contributed by atoms with Gasteiger partial charge in [0.1, 0.15) is 0 Å². The van der Waals surface area contributed by atoms with Crippen molar-refractivity contribution in [1.29, 1.82) is 5.26 Å². The van der Waals surface area contributed by atoms with E-state index in [9.17, 15) is 0 Å². The SMILES string of the molecule is N#CCc1cc(Br)cc(Br)c1Cl. The van der Waals surface area contributed by atoms with Gasteiger partial charge in [-0.15, -0.1) is 0 Å². The Kier molecular flexibility index (Phi) is 3.57. The van der Waals surface area contributed by atoms with E-state index in [1.165, 1.54) is 0 Å². The summed E-state index contributed by atoms with van der Waals surface area (Å²) in [4.78, 5) is 0. The number of hydrogen-bond donors (Lipinski definition) is 0. The first kappa shape index (κ1) is 10.0. The highest BCUT2D eigenvalue weighted by molar-refractivity contribution is 9.11. The van der Waals surface area contributed by atoms with Gasteiger partial charge in [-0.25, -0.2) is 0 Å². The highest BCUT2D eigenvalue weighted by Crippen LogP contribution is 2.30. The van der Waals surface area contributed by atoms with E-state index in [0.29, 0.717) is 11.4 Å². The second kappa shape index (κ2) is 4.27. The lowest BCUT2D eigenvalue weighted by molar-refractivity contribution is 1.25. The van der Waals surface area contributed by atoms with E-state index in [2.05, 4.69) is 37.9 Å². The Bertz CT molecular complexity index is 344. The summed E-state index contributed by atoms with van der Waals surface area (Å²) >= 11 is 12.5. The molecule has 1 rings (SSSR count). The molecule has 0 aliphatic heterocycles. The lowest BCUT2D eigenvalue weighted by atomic mass is 10.2. The van der Waals surface area contributed by atoms with Crippen molar-refractivity contribution in [2.24, 2.45) is 0 Å². The zero-order valence-corrected chi connectivity index (χ0v) is 9.87. The molecular weight excluding hydrogens is 305 g/mol. The summed E-state index contributed by atoms with van der Waals surface area (Å²) in [6.45, 7) is 0. The molecule has 0 unspecified atom stereocenters. The largest absolute Gasteiger partial charge is 0.198 e. The maximum Gasteiger partial charge on any atom is 0.0670 e. The average molecular weight is 309 g/mol. The molecule has 1 aromatic carbocycles. The summed E-state index contributed by atoms with van der Waals surface area (Å²) in [7, 11) is 0. The van der Waals surface area contributed by atoms with Crippen molar-refractivity contribution < 1.29 is 0 Å². The summed E-state index contributed by atoms with van der Waals surface area (Å²) in [6.07, 6.45) is 0.330. The molecule has 0 aliphatic rings. The van der Waals surface area contributed by atoms with E-state index in [1.54, 1.807) is 0 Å². The zero-order chi connectivity index (χ0) is 9.14. The molecular formula is C8H4Br2ClN. The fourth-order valence-corrected chi connectivity index (χ4v) is 2.31. The Balaban J connectivity index is 3.20. The molecule has 0 amide bonds. The van der Waals surface area contributed by atoms with E-state index < -0.39 is 0 Å². The smallest absolute Gasteiger partial charge is 0.0670 e. The van der Waals surface area contributed by atoms with Gasteiger partial charge in [-0.1, -0.05) is 27.5 Å². The van der Waals surface area contributed by atoms with Gasteiger partial charge in [0.2, 0.25) is 0 Å². The summed E-state index contributed by atoms with van der Waals surface area (Å²) in [5.41, 5.74) is 0.834. The van der Waals surface area contributed by atoms with Crippen LogP contribution in [0.3, 0.4) is 0 Å². The Morgan fingerprint density at radius 3 is 2.67 bits per heavy atom. The van der Waals surface area contributed by atoms with Crippen LogP contribution in [0.4, 0.5) is 0 Å². The molecule has 0 bridgehead atoms. The third-order valence-corrected chi connectivity index (χ3v) is 3.10. The molecule has 1 nitrogen and oxygen atoms in total. The molecule has 62 valence electrons. The van der Waals surface area contributed by atoms with Crippen LogP contribution in [0.1, 0.15) is 5.56 Å². The minimum Gasteiger partial charge on any atom is -0.198 e. The Labute approximate surface area is 92.6 Å². The van der Waals surface area contributed by atoms with Crippen molar-refractivity contribution in [2.75, 3.05) is 0 Å². The van der Waals surface area contributed by atoms with Gasteiger partial charge >= 0.3 is 0 Å². The average Bonchev–Trinajstić information content (AvgIpc) is 2.00. The Hall–Kier alpha value is -0.0400. The monoisotopic (exact) mass is 307 g/mol. The molecule has 4 heteroatoms. The lowest BCUT2D eigenvalue weighted by Crippen LogP contribution is -1.84. The molecule has 0 aliphatic carbocycles. The quantitative estimate of drug-likeness (QED) is 0.721. The first-order valence-corrected chi connectivity index (χ1v) is 5.12. The van der Waals surface area contributed by atoms with Gasteiger partial charge < -0.3 is 0 Å². The minimum atomic E-state index is 0.330. The van der Waals surface area contributed by atoms with Crippen molar-refractivity contribution in [3.05, 3.63) is 31.7 Å². The zero-order valence-electron chi connectivity index (χ0n) is 5.94. The van der Waals surface area contributed by atoms with Gasteiger partial charge in [0.25, 0.3) is 0 Å². The summed E-state index contributed by atoms with van der Waals surface area (Å²) in [6, 6.07) is 5.75. The first-order chi connectivity index (χ1) is 5.65. The predicted molar refractivity (Wildman–Crippen MR) is 56.2 cm³/mol. The number of rotatable bonds is 1. The minimum absolute atomic E-state index is 0.330. The van der Waals surface area contributed by atoms with Gasteiger partial charge in [0.05, 0.1) is 17.5 Å². The van der Waals surface area contributed by atoms with Crippen molar-refractivity contribution >= 4 is 43.5 Å². The molecule has 1 aromatic rings. The topological polar surface area (TPSA) is 23.8 Å². The van der Waals surface area contributed by atoms with E-state index in [-0.39, 0.29) is 0 Å². The van der Waals surface area contributed by atoms with Crippen molar-refractivity contribution in [3.8, 4) is 6.07 Å². The molecule has 0 saturated carbocycles. The lowest BCUT2D eigenvalue weighted by Gasteiger charge is -2.02. The Morgan fingerprint density at radius 1 is 1.42 bits per heavy atom. The number of benzene rings is 1. The summed E-state index contributed by atoms with van der Waals surface area (Å²) < 4.78 is 1.73. The van der Waals surface area contributed by atoms with Crippen molar-refractivity contribution in [1.82, 2.24) is 0 Å². The number of halogens is 3. The van der Waals surface area contributed by atoms with E-state index in [0.717, 1.165) is 14.5 Å². The highest BCUT2D eigenvalue weighted by atomic mass is 79.9. The Morgan fingerprint density at radius 2 is 2.08 bits per heavy atom. The molecule has 0 heterocycles. The predicted octanol–water partition coefficient (Wildman–Crippen LogP) is 3.93. The van der Waals surface area contributed by atoms with Crippen LogP contribution in [-0.2, 0) is 6.42 Å². The van der Waals surface area contributed by atoms with Gasteiger partial charge in [-0.2, -0.15) is 5.26 Å². The molecule has 0 atom stereocenters. The van der Waals surface area contributed by atoms with Crippen LogP contribution < -0.4 is 0 Å². The normalized spacial score (nSPS) is 9.50. The van der Waals surface area contributed by atoms with Crippen LogP contribution in [0.25, 0.3) is 0 Å². The van der Waals surface area contributed by atoms with E-state index in [1.807, 2.05) is 12.1 Å². The maximum absolute atomic E-state index is 8.49. The fraction of sp³-hybridized carbons (Fsp3) is 0.125. The molecule has 12 heavy (non-hydrogen) atoms. The van der Waals surface area contributed by atoms with Crippen LogP contribution in [0.5, 0.6) is 0 Å². The second-order valence-electron chi connectivity index (χ2n) is 2.20. The summed E-state index contributed by atoms with van der Waals surface area (Å²) in [5.74, 6) is 0. The van der Waals surface area contributed by atoms with Gasteiger partial charge in [-0.05, 0) is 33.6 Å². The standard InChI is InChI=1S/C8H4Br2ClN/c9-6-3-5(1-2-12)8(11)7(10)4-6/h3-4H,1H2. The number of nitriles is 1. The van der Waals surface area contributed by atoms with E-state index in [4.69, 9.17) is 16.9 Å². The van der Waals surface area contributed by atoms with Crippen LogP contribution >= 0.6 is 43.5 Å². The van der Waals surface area contributed by atoms with Crippen LogP contribution in [0.15, 0.2) is 21.1 Å². The first-order valence-electron chi connectivity index (χ1n) is 3.15. The van der Waals surface area contributed by atoms with Gasteiger partial charge in [0, 0.05) is 8.95 Å². The summed E-state index contributed by atoms with van der Waals surface area (Å²) in [5, 5.41) is 9.10. The van der Waals surface area contributed by atoms with Crippen molar-refractivity contribution in [2.45, 2.75) is 6.42 Å². The number of hydrogen-bond acceptors (Lipinski definition) is 1. The molecule has 0 fully saturated rings. The van der Waals surface area contributed by atoms with Crippen LogP contribution in [0.2, 0.25) is 5.02 Å². The van der Waals surface area contributed by atoms with Gasteiger partial charge in [0.15, 0.2) is 0 Å². The van der Waals surface area contributed by atoms with Crippen molar-refractivity contribution in [3.63, 3.8) is 0 Å². The van der Waals surface area contributed by atoms with Crippen LogP contribution in [-0.4, -0.2) is 0 Å². The third-order valence-electron chi connectivity index (χ3n) is 1.34. The molecule has 0 N–H and O–H groups in total. The fourth-order valence-electron chi connectivity index (χ4n) is 0.823. The number of nitrogens with zero attached hydrogens (tertiary/aromatic N) is 1. The molecule has 0 radical (unpaired) electrons. The highest BCUT2D eigenvalue weighted by Gasteiger charge is 2.05. The molecule has 0 saturated heterocycles. The van der Waals surface area contributed by atoms with Crippen LogP contribution in [0, 0.1) is 11.3 Å². The second-order valence-corrected chi connectivity index (χ2v) is 4.34. The van der Waals surface area contributed by atoms with Gasteiger partial charge in [-0.3, -0.25) is 0 Å². The maximum atomic E-state index is 8.49.